The molecule has 1 heterocycles. The predicted octanol–water partition coefficient (Wildman–Crippen LogP) is 0.960. The van der Waals surface area contributed by atoms with Crippen LogP contribution >= 0.6 is 0 Å². The molecule has 5 heteroatoms. The summed E-state index contributed by atoms with van der Waals surface area (Å²) >= 11 is 0. The third-order valence-corrected chi connectivity index (χ3v) is 3.41. The minimum atomic E-state index is -0.118. The standard InChI is InChI=1S/C14H15N3O2/c1-17-14(19)11-5-3-2-4-10(11)12(16-17)8-15-13(18)9-6-7-9/h2-5,9H,6-8H2,1H3,(H,15,18). The molecule has 1 N–H and O–H groups in total. The number of benzene rings is 1. The van der Waals surface area contributed by atoms with Crippen molar-refractivity contribution in [2.24, 2.45) is 13.0 Å². The van der Waals surface area contributed by atoms with Gasteiger partial charge >= 0.3 is 0 Å². The van der Waals surface area contributed by atoms with E-state index >= 15 is 0 Å². The third-order valence-electron chi connectivity index (χ3n) is 3.41. The Bertz CT molecular complexity index is 701. The molecule has 0 saturated heterocycles. The molecule has 2 aromatic rings. The zero-order valence-corrected chi connectivity index (χ0v) is 10.7. The Labute approximate surface area is 110 Å². The fourth-order valence-corrected chi connectivity index (χ4v) is 2.17. The number of hydrogen-bond donors (Lipinski definition) is 1. The van der Waals surface area contributed by atoms with Crippen molar-refractivity contribution in [1.29, 1.82) is 0 Å². The highest BCUT2D eigenvalue weighted by atomic mass is 16.2. The Morgan fingerprint density at radius 2 is 2.05 bits per heavy atom. The maximum Gasteiger partial charge on any atom is 0.274 e. The van der Waals surface area contributed by atoms with Gasteiger partial charge in [-0.1, -0.05) is 18.2 Å². The maximum atomic E-state index is 11.9. The van der Waals surface area contributed by atoms with Gasteiger partial charge in [0, 0.05) is 18.4 Å². The molecule has 1 aliphatic rings. The number of fused-ring (bicyclic) bond motifs is 1. The Kier molecular flexibility index (Phi) is 2.81. The van der Waals surface area contributed by atoms with Crippen molar-refractivity contribution < 1.29 is 4.79 Å². The number of carbonyl (C=O) groups excluding carboxylic acids is 1. The molecule has 19 heavy (non-hydrogen) atoms. The molecule has 1 fully saturated rings. The second-order valence-corrected chi connectivity index (χ2v) is 4.91. The summed E-state index contributed by atoms with van der Waals surface area (Å²) in [7, 11) is 1.63. The van der Waals surface area contributed by atoms with Gasteiger partial charge in [0.05, 0.1) is 17.6 Å². The number of aromatic nitrogens is 2. The van der Waals surface area contributed by atoms with E-state index in [0.29, 0.717) is 11.9 Å². The van der Waals surface area contributed by atoms with Gasteiger partial charge in [0.1, 0.15) is 0 Å². The molecular formula is C14H15N3O2. The number of amides is 1. The third kappa shape index (κ3) is 2.23. The molecule has 0 aliphatic heterocycles. The van der Waals surface area contributed by atoms with Gasteiger partial charge in [-0.25, -0.2) is 4.68 Å². The van der Waals surface area contributed by atoms with Crippen molar-refractivity contribution in [3.05, 3.63) is 40.3 Å². The summed E-state index contributed by atoms with van der Waals surface area (Å²) in [5, 5.41) is 8.57. The van der Waals surface area contributed by atoms with Crippen molar-refractivity contribution >= 4 is 16.7 Å². The minimum Gasteiger partial charge on any atom is -0.350 e. The average molecular weight is 257 g/mol. The normalized spacial score (nSPS) is 14.6. The molecule has 0 unspecified atom stereocenters. The fraction of sp³-hybridized carbons (Fsp3) is 0.357. The van der Waals surface area contributed by atoms with Crippen molar-refractivity contribution in [3.63, 3.8) is 0 Å². The molecule has 1 aliphatic carbocycles. The predicted molar refractivity (Wildman–Crippen MR) is 71.6 cm³/mol. The van der Waals surface area contributed by atoms with Gasteiger partial charge in [0.15, 0.2) is 0 Å². The first-order valence-electron chi connectivity index (χ1n) is 6.39. The van der Waals surface area contributed by atoms with Gasteiger partial charge in [0.25, 0.3) is 5.56 Å². The average Bonchev–Trinajstić information content (AvgIpc) is 3.25. The second kappa shape index (κ2) is 4.50. The van der Waals surface area contributed by atoms with Crippen LogP contribution in [0.1, 0.15) is 18.5 Å². The number of hydrogen-bond acceptors (Lipinski definition) is 3. The summed E-state index contributed by atoms with van der Waals surface area (Å²) < 4.78 is 1.32. The molecule has 98 valence electrons. The van der Waals surface area contributed by atoms with Gasteiger partial charge < -0.3 is 5.32 Å². The van der Waals surface area contributed by atoms with E-state index in [0.717, 1.165) is 23.9 Å². The SMILES string of the molecule is Cn1nc(CNC(=O)C2CC2)c2ccccc2c1=O. The summed E-state index contributed by atoms with van der Waals surface area (Å²) in [6.45, 7) is 0.365. The molecule has 0 spiro atoms. The first kappa shape index (κ1) is 11.9. The van der Waals surface area contributed by atoms with E-state index in [1.807, 2.05) is 18.2 Å². The molecule has 3 rings (SSSR count). The van der Waals surface area contributed by atoms with Gasteiger partial charge in [-0.05, 0) is 18.9 Å². The van der Waals surface area contributed by atoms with Gasteiger partial charge in [-0.3, -0.25) is 9.59 Å². The van der Waals surface area contributed by atoms with Crippen LogP contribution in [0.4, 0.5) is 0 Å². The van der Waals surface area contributed by atoms with Crippen LogP contribution in [0.2, 0.25) is 0 Å². The van der Waals surface area contributed by atoms with Crippen LogP contribution in [0.25, 0.3) is 10.8 Å². The topological polar surface area (TPSA) is 64.0 Å². The van der Waals surface area contributed by atoms with Crippen molar-refractivity contribution in [1.82, 2.24) is 15.1 Å². The fourth-order valence-electron chi connectivity index (χ4n) is 2.17. The Morgan fingerprint density at radius 3 is 2.74 bits per heavy atom. The Morgan fingerprint density at radius 1 is 1.37 bits per heavy atom. The second-order valence-electron chi connectivity index (χ2n) is 4.91. The van der Waals surface area contributed by atoms with Crippen LogP contribution < -0.4 is 10.9 Å². The largest absolute Gasteiger partial charge is 0.350 e. The minimum absolute atomic E-state index is 0.0831. The zero-order valence-electron chi connectivity index (χ0n) is 10.7. The maximum absolute atomic E-state index is 11.9. The summed E-state index contributed by atoms with van der Waals surface area (Å²) in [6.07, 6.45) is 1.96. The highest BCUT2D eigenvalue weighted by Crippen LogP contribution is 2.28. The van der Waals surface area contributed by atoms with Crippen LogP contribution in [-0.2, 0) is 18.4 Å². The van der Waals surface area contributed by atoms with Crippen LogP contribution in [0.15, 0.2) is 29.1 Å². The lowest BCUT2D eigenvalue weighted by Gasteiger charge is -2.09. The smallest absolute Gasteiger partial charge is 0.274 e. The quantitative estimate of drug-likeness (QED) is 0.890. The van der Waals surface area contributed by atoms with E-state index < -0.39 is 0 Å². The molecule has 1 aromatic heterocycles. The van der Waals surface area contributed by atoms with Gasteiger partial charge in [-0.15, -0.1) is 0 Å². The first-order valence-corrected chi connectivity index (χ1v) is 6.39. The molecule has 1 aromatic carbocycles. The number of rotatable bonds is 3. The van der Waals surface area contributed by atoms with E-state index in [2.05, 4.69) is 10.4 Å². The van der Waals surface area contributed by atoms with Crippen molar-refractivity contribution in [2.45, 2.75) is 19.4 Å². The Balaban J connectivity index is 1.96. The molecule has 1 amide bonds. The lowest BCUT2D eigenvalue weighted by atomic mass is 10.1. The summed E-state index contributed by atoms with van der Waals surface area (Å²) in [6, 6.07) is 7.35. The monoisotopic (exact) mass is 257 g/mol. The Hall–Kier alpha value is -2.17. The van der Waals surface area contributed by atoms with Crippen LogP contribution in [0.3, 0.4) is 0 Å². The molecule has 0 radical (unpaired) electrons. The highest BCUT2D eigenvalue weighted by Gasteiger charge is 2.29. The molecule has 5 nitrogen and oxygen atoms in total. The van der Waals surface area contributed by atoms with Crippen molar-refractivity contribution in [3.8, 4) is 0 Å². The number of nitrogens with one attached hydrogen (secondary N) is 1. The van der Waals surface area contributed by atoms with Crippen LogP contribution in [0.5, 0.6) is 0 Å². The number of aryl methyl sites for hydroxylation is 1. The summed E-state index contributed by atoms with van der Waals surface area (Å²) in [4.78, 5) is 23.6. The summed E-state index contributed by atoms with van der Waals surface area (Å²) in [5.41, 5.74) is 0.611. The van der Waals surface area contributed by atoms with Gasteiger partial charge in [-0.2, -0.15) is 5.10 Å². The molecular weight excluding hydrogens is 242 g/mol. The van der Waals surface area contributed by atoms with E-state index in [1.165, 1.54) is 4.68 Å². The van der Waals surface area contributed by atoms with Gasteiger partial charge in [0.2, 0.25) is 5.91 Å². The molecule has 1 saturated carbocycles. The lowest BCUT2D eigenvalue weighted by molar-refractivity contribution is -0.122. The first-order chi connectivity index (χ1) is 9.16. The molecule has 0 bridgehead atoms. The number of nitrogens with zero attached hydrogens (tertiary/aromatic N) is 2. The molecule has 0 atom stereocenters. The van der Waals surface area contributed by atoms with E-state index in [1.54, 1.807) is 13.1 Å². The summed E-state index contributed by atoms with van der Waals surface area (Å²) in [5.74, 6) is 0.263. The zero-order chi connectivity index (χ0) is 13.4. The van der Waals surface area contributed by atoms with E-state index in [4.69, 9.17) is 0 Å². The van der Waals surface area contributed by atoms with Crippen LogP contribution in [0, 0.1) is 5.92 Å². The lowest BCUT2D eigenvalue weighted by Crippen LogP contribution is -2.28. The van der Waals surface area contributed by atoms with Crippen molar-refractivity contribution in [2.75, 3.05) is 0 Å². The number of carbonyl (C=O) groups is 1. The van der Waals surface area contributed by atoms with E-state index in [9.17, 15) is 9.59 Å². The highest BCUT2D eigenvalue weighted by molar-refractivity contribution is 5.85. The van der Waals surface area contributed by atoms with E-state index in [-0.39, 0.29) is 17.4 Å². The van der Waals surface area contributed by atoms with Crippen LogP contribution in [-0.4, -0.2) is 15.7 Å².